The van der Waals surface area contributed by atoms with Crippen LogP contribution in [0.3, 0.4) is 0 Å². The van der Waals surface area contributed by atoms with Crippen LogP contribution in [0.25, 0.3) is 0 Å². The van der Waals surface area contributed by atoms with Crippen LogP contribution >= 0.6 is 0 Å². The molecule has 0 aromatic heterocycles. The molecule has 2 atom stereocenters. The Labute approximate surface area is 157 Å². The average molecular weight is 388 g/mol. The summed E-state index contributed by atoms with van der Waals surface area (Å²) in [4.78, 5) is 24.8. The van der Waals surface area contributed by atoms with Crippen molar-refractivity contribution in [1.29, 1.82) is 0 Å². The number of hydrogen-bond donors (Lipinski definition) is 2. The van der Waals surface area contributed by atoms with E-state index in [1.807, 2.05) is 6.07 Å². The number of aliphatic hydroxyl groups is 1. The molecule has 0 bridgehead atoms. The van der Waals surface area contributed by atoms with Crippen molar-refractivity contribution in [1.82, 2.24) is 9.62 Å². The van der Waals surface area contributed by atoms with E-state index in [1.165, 1.54) is 25.2 Å². The minimum absolute atomic E-state index is 0.0716. The fraction of sp³-hybridized carbons (Fsp3) is 0.263. The summed E-state index contributed by atoms with van der Waals surface area (Å²) in [5.74, 6) is -0.981. The number of benzene rings is 2. The van der Waals surface area contributed by atoms with E-state index in [9.17, 15) is 23.1 Å². The number of imide groups is 1. The first-order valence-electron chi connectivity index (χ1n) is 8.42. The van der Waals surface area contributed by atoms with Crippen molar-refractivity contribution in [3.8, 4) is 0 Å². The molecule has 0 spiro atoms. The molecule has 2 aromatic rings. The molecule has 2 amide bonds. The van der Waals surface area contributed by atoms with E-state index in [-0.39, 0.29) is 22.4 Å². The van der Waals surface area contributed by atoms with Gasteiger partial charge in [0.2, 0.25) is 10.0 Å². The Bertz CT molecular complexity index is 988. The van der Waals surface area contributed by atoms with Gasteiger partial charge >= 0.3 is 0 Å². The molecule has 27 heavy (non-hydrogen) atoms. The van der Waals surface area contributed by atoms with Crippen molar-refractivity contribution in [3.63, 3.8) is 0 Å². The van der Waals surface area contributed by atoms with Gasteiger partial charge in [0.25, 0.3) is 11.8 Å². The van der Waals surface area contributed by atoms with Gasteiger partial charge in [-0.3, -0.25) is 14.5 Å². The summed E-state index contributed by atoms with van der Waals surface area (Å²) in [5.41, 5.74) is 0.963. The van der Waals surface area contributed by atoms with E-state index < -0.39 is 34.0 Å². The summed E-state index contributed by atoms with van der Waals surface area (Å²) in [6, 6.07) is 12.3. The molecule has 2 N–H and O–H groups in total. The Morgan fingerprint density at radius 2 is 1.67 bits per heavy atom. The Kier molecular flexibility index (Phi) is 5.14. The molecule has 8 heteroatoms. The molecule has 142 valence electrons. The number of rotatable bonds is 6. The lowest BCUT2D eigenvalue weighted by Gasteiger charge is -2.18. The minimum atomic E-state index is -3.91. The maximum Gasteiger partial charge on any atom is 0.261 e. The van der Waals surface area contributed by atoms with Gasteiger partial charge in [0.05, 0.1) is 22.1 Å². The van der Waals surface area contributed by atoms with Gasteiger partial charge < -0.3 is 5.11 Å². The van der Waals surface area contributed by atoms with Crippen molar-refractivity contribution in [2.75, 3.05) is 7.05 Å². The van der Waals surface area contributed by atoms with Gasteiger partial charge in [-0.15, -0.1) is 0 Å². The summed E-state index contributed by atoms with van der Waals surface area (Å²) < 4.78 is 27.8. The van der Waals surface area contributed by atoms with Crippen molar-refractivity contribution in [2.45, 2.75) is 30.4 Å². The molecule has 1 aliphatic rings. The Balaban J connectivity index is 1.76. The van der Waals surface area contributed by atoms with Crippen molar-refractivity contribution in [3.05, 3.63) is 65.2 Å². The zero-order chi connectivity index (χ0) is 19.8. The van der Waals surface area contributed by atoms with Gasteiger partial charge in [0.15, 0.2) is 0 Å². The normalized spacial score (nSPS) is 16.3. The largest absolute Gasteiger partial charge is 0.388 e. The maximum atomic E-state index is 12.6. The summed E-state index contributed by atoms with van der Waals surface area (Å²) in [7, 11) is -2.56. The first kappa shape index (κ1) is 19.2. The van der Waals surface area contributed by atoms with E-state index in [2.05, 4.69) is 4.72 Å². The molecule has 2 aromatic carbocycles. The number of carbonyl (C=O) groups is 2. The van der Waals surface area contributed by atoms with Crippen LogP contribution in [-0.2, 0) is 10.0 Å². The number of amides is 2. The van der Waals surface area contributed by atoms with Crippen LogP contribution in [0.5, 0.6) is 0 Å². The van der Waals surface area contributed by atoms with Gasteiger partial charge in [0.1, 0.15) is 0 Å². The third-order valence-electron chi connectivity index (χ3n) is 4.49. The number of fused-ring (bicyclic) bond motifs is 1. The molecule has 0 unspecified atom stereocenters. The number of aliphatic hydroxyl groups excluding tert-OH is 1. The van der Waals surface area contributed by atoms with Crippen molar-refractivity contribution >= 4 is 21.8 Å². The standard InChI is InChI=1S/C19H20N2O5S/c1-12(10-17(22)13-6-4-3-5-7-13)20-27(25,26)14-8-9-15-16(11-14)19(24)21(2)18(15)23/h3-9,11-12,17,20,22H,10H2,1-2H3/t12-,17-/m0/s1. The predicted molar refractivity (Wildman–Crippen MR) is 98.7 cm³/mol. The summed E-state index contributed by atoms with van der Waals surface area (Å²) in [5, 5.41) is 10.3. The monoisotopic (exact) mass is 388 g/mol. The lowest BCUT2D eigenvalue weighted by molar-refractivity contribution is 0.0693. The van der Waals surface area contributed by atoms with Gasteiger partial charge in [-0.25, -0.2) is 13.1 Å². The lowest BCUT2D eigenvalue weighted by atomic mass is 10.0. The van der Waals surface area contributed by atoms with Gasteiger partial charge in [0, 0.05) is 13.1 Å². The molecule has 1 heterocycles. The van der Waals surface area contributed by atoms with Crippen LogP contribution in [0.15, 0.2) is 53.4 Å². The highest BCUT2D eigenvalue weighted by Crippen LogP contribution is 2.25. The summed E-state index contributed by atoms with van der Waals surface area (Å²) in [6.45, 7) is 1.65. The van der Waals surface area contributed by atoms with Crippen LogP contribution < -0.4 is 4.72 Å². The fourth-order valence-electron chi connectivity index (χ4n) is 3.03. The number of carbonyl (C=O) groups excluding carboxylic acids is 2. The van der Waals surface area contributed by atoms with Crippen molar-refractivity contribution < 1.29 is 23.1 Å². The zero-order valence-electron chi connectivity index (χ0n) is 14.9. The molecule has 0 saturated carbocycles. The average Bonchev–Trinajstić information content (AvgIpc) is 2.86. The SMILES string of the molecule is C[C@@H](C[C@H](O)c1ccccc1)NS(=O)(=O)c1ccc2c(c1)C(=O)N(C)C2=O. The van der Waals surface area contributed by atoms with Gasteiger partial charge in [-0.1, -0.05) is 30.3 Å². The van der Waals surface area contributed by atoms with Crippen LogP contribution in [-0.4, -0.2) is 43.3 Å². The Morgan fingerprint density at radius 1 is 1.04 bits per heavy atom. The van der Waals surface area contributed by atoms with Crippen LogP contribution in [0.2, 0.25) is 0 Å². The quantitative estimate of drug-likeness (QED) is 0.733. The molecule has 0 fully saturated rings. The fourth-order valence-corrected chi connectivity index (χ4v) is 4.32. The van der Waals surface area contributed by atoms with Crippen LogP contribution in [0.4, 0.5) is 0 Å². The Hall–Kier alpha value is -2.55. The summed E-state index contributed by atoms with van der Waals surface area (Å²) >= 11 is 0. The molecule has 0 aliphatic carbocycles. The van der Waals surface area contributed by atoms with Crippen molar-refractivity contribution in [2.24, 2.45) is 0 Å². The number of nitrogens with zero attached hydrogens (tertiary/aromatic N) is 1. The second kappa shape index (κ2) is 7.22. The molecule has 7 nitrogen and oxygen atoms in total. The first-order valence-corrected chi connectivity index (χ1v) is 9.91. The highest BCUT2D eigenvalue weighted by atomic mass is 32.2. The van der Waals surface area contributed by atoms with E-state index >= 15 is 0 Å². The lowest BCUT2D eigenvalue weighted by Crippen LogP contribution is -2.34. The predicted octanol–water partition coefficient (Wildman–Crippen LogP) is 1.70. The zero-order valence-corrected chi connectivity index (χ0v) is 15.7. The third kappa shape index (κ3) is 3.78. The minimum Gasteiger partial charge on any atom is -0.388 e. The first-order chi connectivity index (χ1) is 12.7. The number of sulfonamides is 1. The van der Waals surface area contributed by atoms with Gasteiger partial charge in [-0.05, 0) is 37.1 Å². The topological polar surface area (TPSA) is 104 Å². The number of hydrogen-bond acceptors (Lipinski definition) is 5. The molecule has 3 rings (SSSR count). The Morgan fingerprint density at radius 3 is 2.33 bits per heavy atom. The van der Waals surface area contributed by atoms with Crippen LogP contribution in [0.1, 0.15) is 45.7 Å². The smallest absolute Gasteiger partial charge is 0.261 e. The van der Waals surface area contributed by atoms with E-state index in [4.69, 9.17) is 0 Å². The van der Waals surface area contributed by atoms with E-state index in [1.54, 1.807) is 31.2 Å². The second-order valence-corrected chi connectivity index (χ2v) is 8.28. The highest BCUT2D eigenvalue weighted by Gasteiger charge is 2.34. The molecular weight excluding hydrogens is 368 g/mol. The third-order valence-corrected chi connectivity index (χ3v) is 6.08. The molecule has 0 radical (unpaired) electrons. The molecule has 1 aliphatic heterocycles. The molecule has 0 saturated heterocycles. The highest BCUT2D eigenvalue weighted by molar-refractivity contribution is 7.89. The van der Waals surface area contributed by atoms with Crippen LogP contribution in [0, 0.1) is 0 Å². The van der Waals surface area contributed by atoms with E-state index in [0.717, 1.165) is 4.90 Å². The maximum absolute atomic E-state index is 12.6. The van der Waals surface area contributed by atoms with E-state index in [0.29, 0.717) is 5.56 Å². The second-order valence-electron chi connectivity index (χ2n) is 6.56. The summed E-state index contributed by atoms with van der Waals surface area (Å²) in [6.07, 6.45) is -0.620. The van der Waals surface area contributed by atoms with Gasteiger partial charge in [-0.2, -0.15) is 0 Å². The molecular formula is C19H20N2O5S. The number of nitrogens with one attached hydrogen (secondary N) is 1.